The van der Waals surface area contributed by atoms with Crippen LogP contribution in [-0.4, -0.2) is 15.2 Å². The van der Waals surface area contributed by atoms with Crippen LogP contribution in [0.2, 0.25) is 0 Å². The number of unbranched alkanes of at least 4 members (excludes halogenated alkanes) is 6. The maximum Gasteiger partial charge on any atom is 0.144 e. The Morgan fingerprint density at radius 2 is 1.62 bits per heavy atom. The number of nitrogens with zero attached hydrogens (tertiary/aromatic N) is 1. The molecule has 16 heavy (non-hydrogen) atoms. The highest BCUT2D eigenvalue weighted by Gasteiger charge is 2.17. The van der Waals surface area contributed by atoms with Crippen molar-refractivity contribution in [3.8, 4) is 0 Å². The molecule has 0 rings (SSSR count). The molecule has 0 aliphatic carbocycles. The average molecular weight is 245 g/mol. The molecule has 0 aliphatic heterocycles. The van der Waals surface area contributed by atoms with E-state index in [2.05, 4.69) is 11.3 Å². The van der Waals surface area contributed by atoms with Gasteiger partial charge in [0.1, 0.15) is 11.0 Å². The molecule has 1 atom stereocenters. The first-order chi connectivity index (χ1) is 7.48. The van der Waals surface area contributed by atoms with Crippen LogP contribution in [0.4, 0.5) is 0 Å². The van der Waals surface area contributed by atoms with Gasteiger partial charge in [-0.3, -0.25) is 0 Å². The highest BCUT2D eigenvalue weighted by molar-refractivity contribution is 7.85. The van der Waals surface area contributed by atoms with Crippen molar-refractivity contribution in [1.29, 1.82) is 0 Å². The molecule has 0 N–H and O–H groups in total. The summed E-state index contributed by atoms with van der Waals surface area (Å²) < 4.78 is 15.4. The van der Waals surface area contributed by atoms with Crippen LogP contribution < -0.4 is 0 Å². The Labute approximate surface area is 104 Å². The molecule has 0 bridgehead atoms. The van der Waals surface area contributed by atoms with Crippen LogP contribution in [0.15, 0.2) is 4.40 Å². The van der Waals surface area contributed by atoms with Crippen LogP contribution in [0.5, 0.6) is 0 Å². The third kappa shape index (κ3) is 9.08. The lowest BCUT2D eigenvalue weighted by atomic mass is 10.1. The maximum absolute atomic E-state index is 11.6. The van der Waals surface area contributed by atoms with Gasteiger partial charge in [0.25, 0.3) is 0 Å². The van der Waals surface area contributed by atoms with E-state index in [0.717, 1.165) is 6.42 Å². The molecule has 0 amide bonds. The SMILES string of the molecule is CCCCCCCC/C=N/S(=O)C(C)(C)C. The summed E-state index contributed by atoms with van der Waals surface area (Å²) in [6.45, 7) is 8.08. The summed E-state index contributed by atoms with van der Waals surface area (Å²) in [4.78, 5) is 0. The first kappa shape index (κ1) is 15.8. The molecular weight excluding hydrogens is 218 g/mol. The fraction of sp³-hybridized carbons (Fsp3) is 0.923. The summed E-state index contributed by atoms with van der Waals surface area (Å²) in [5.41, 5.74) is 0. The van der Waals surface area contributed by atoms with Crippen molar-refractivity contribution in [3.63, 3.8) is 0 Å². The summed E-state index contributed by atoms with van der Waals surface area (Å²) in [7, 11) is -1.08. The van der Waals surface area contributed by atoms with E-state index in [1.165, 1.54) is 38.5 Å². The lowest BCUT2D eigenvalue weighted by molar-refractivity contribution is 0.616. The van der Waals surface area contributed by atoms with E-state index in [0.29, 0.717) is 0 Å². The second-order valence-corrected chi connectivity index (χ2v) is 7.14. The van der Waals surface area contributed by atoms with Crippen LogP contribution in [-0.2, 0) is 11.0 Å². The predicted molar refractivity (Wildman–Crippen MR) is 74.4 cm³/mol. The molecule has 0 aromatic heterocycles. The quantitative estimate of drug-likeness (QED) is 0.464. The van der Waals surface area contributed by atoms with E-state index in [1.54, 1.807) is 0 Å². The van der Waals surface area contributed by atoms with Gasteiger partial charge >= 0.3 is 0 Å². The molecule has 0 saturated heterocycles. The molecule has 0 saturated carbocycles. The van der Waals surface area contributed by atoms with Crippen molar-refractivity contribution >= 4 is 17.2 Å². The zero-order valence-corrected chi connectivity index (χ0v) is 12.1. The van der Waals surface area contributed by atoms with Gasteiger partial charge in [-0.2, -0.15) is 4.40 Å². The van der Waals surface area contributed by atoms with Crippen LogP contribution in [0.1, 0.15) is 72.6 Å². The summed E-state index contributed by atoms with van der Waals surface area (Å²) in [6.07, 6.45) is 10.6. The standard InChI is InChI=1S/C13H27NOS/c1-5-6-7-8-9-10-11-12-14-16(15)13(2,3)4/h12H,5-11H2,1-4H3/b14-12+. The van der Waals surface area contributed by atoms with Gasteiger partial charge in [-0.15, -0.1) is 0 Å². The van der Waals surface area contributed by atoms with Crippen molar-refractivity contribution in [3.05, 3.63) is 0 Å². The second kappa shape index (κ2) is 8.91. The fourth-order valence-electron chi connectivity index (χ4n) is 1.29. The van der Waals surface area contributed by atoms with Crippen molar-refractivity contribution < 1.29 is 4.21 Å². The molecule has 0 heterocycles. The van der Waals surface area contributed by atoms with E-state index in [4.69, 9.17) is 0 Å². The van der Waals surface area contributed by atoms with E-state index in [1.807, 2.05) is 27.0 Å². The molecule has 0 radical (unpaired) electrons. The topological polar surface area (TPSA) is 29.4 Å². The van der Waals surface area contributed by atoms with Gasteiger partial charge in [0, 0.05) is 6.21 Å². The maximum atomic E-state index is 11.6. The average Bonchev–Trinajstić information content (AvgIpc) is 2.20. The highest BCUT2D eigenvalue weighted by atomic mass is 32.2. The van der Waals surface area contributed by atoms with E-state index in [9.17, 15) is 4.21 Å². The Morgan fingerprint density at radius 1 is 1.06 bits per heavy atom. The normalized spacial score (nSPS) is 14.5. The molecule has 0 spiro atoms. The molecule has 0 aromatic carbocycles. The van der Waals surface area contributed by atoms with Crippen LogP contribution in [0.3, 0.4) is 0 Å². The molecule has 0 fully saturated rings. The zero-order valence-electron chi connectivity index (χ0n) is 11.3. The van der Waals surface area contributed by atoms with E-state index in [-0.39, 0.29) is 4.75 Å². The third-order valence-electron chi connectivity index (χ3n) is 2.38. The van der Waals surface area contributed by atoms with Gasteiger partial charge in [-0.1, -0.05) is 39.0 Å². The lowest BCUT2D eigenvalue weighted by Gasteiger charge is -2.12. The zero-order chi connectivity index (χ0) is 12.4. The number of hydrogen-bond acceptors (Lipinski definition) is 1. The number of rotatable bonds is 8. The van der Waals surface area contributed by atoms with Crippen molar-refractivity contribution in [1.82, 2.24) is 0 Å². The van der Waals surface area contributed by atoms with Gasteiger partial charge in [-0.25, -0.2) is 4.21 Å². The minimum absolute atomic E-state index is 0.225. The second-order valence-electron chi connectivity index (χ2n) is 5.21. The van der Waals surface area contributed by atoms with Crippen LogP contribution in [0.25, 0.3) is 0 Å². The largest absolute Gasteiger partial charge is 0.234 e. The van der Waals surface area contributed by atoms with Gasteiger partial charge in [0.2, 0.25) is 0 Å². The first-order valence-electron chi connectivity index (χ1n) is 6.43. The van der Waals surface area contributed by atoms with Crippen molar-refractivity contribution in [2.75, 3.05) is 0 Å². The van der Waals surface area contributed by atoms with Crippen LogP contribution >= 0.6 is 0 Å². The Kier molecular flexibility index (Phi) is 8.81. The Balaban J connectivity index is 3.45. The molecular formula is C13H27NOS. The molecule has 0 aromatic rings. The van der Waals surface area contributed by atoms with Gasteiger partial charge < -0.3 is 0 Å². The Bertz CT molecular complexity index is 218. The monoisotopic (exact) mass is 245 g/mol. The molecule has 0 aliphatic rings. The molecule has 1 unspecified atom stereocenters. The van der Waals surface area contributed by atoms with Crippen LogP contribution in [0, 0.1) is 0 Å². The molecule has 96 valence electrons. The Morgan fingerprint density at radius 3 is 2.19 bits per heavy atom. The summed E-state index contributed by atoms with van der Waals surface area (Å²) in [6, 6.07) is 0. The Hall–Kier alpha value is -0.180. The fourth-order valence-corrected chi connectivity index (χ4v) is 1.85. The smallest absolute Gasteiger partial charge is 0.144 e. The summed E-state index contributed by atoms with van der Waals surface area (Å²) in [5.74, 6) is 0. The third-order valence-corrected chi connectivity index (χ3v) is 3.77. The van der Waals surface area contributed by atoms with Crippen molar-refractivity contribution in [2.24, 2.45) is 4.40 Å². The highest BCUT2D eigenvalue weighted by Crippen LogP contribution is 2.12. The van der Waals surface area contributed by atoms with Gasteiger partial charge in [0.05, 0.1) is 4.75 Å². The minimum Gasteiger partial charge on any atom is -0.234 e. The molecule has 3 heteroatoms. The van der Waals surface area contributed by atoms with Gasteiger partial charge in [0.15, 0.2) is 0 Å². The van der Waals surface area contributed by atoms with Gasteiger partial charge in [-0.05, 0) is 33.6 Å². The lowest BCUT2D eigenvalue weighted by Crippen LogP contribution is -2.19. The number of hydrogen-bond donors (Lipinski definition) is 0. The van der Waals surface area contributed by atoms with E-state index < -0.39 is 11.0 Å². The summed E-state index contributed by atoms with van der Waals surface area (Å²) in [5, 5.41) is 0. The van der Waals surface area contributed by atoms with Crippen molar-refractivity contribution in [2.45, 2.75) is 77.4 Å². The van der Waals surface area contributed by atoms with E-state index >= 15 is 0 Å². The first-order valence-corrected chi connectivity index (χ1v) is 7.53. The minimum atomic E-state index is -1.08. The molecule has 2 nitrogen and oxygen atoms in total. The predicted octanol–water partition coefficient (Wildman–Crippen LogP) is 4.27. The summed E-state index contributed by atoms with van der Waals surface area (Å²) >= 11 is 0.